The van der Waals surface area contributed by atoms with Crippen LogP contribution in [0.5, 0.6) is 11.5 Å². The molecular weight excluding hydrogens is 362 g/mol. The number of hydrogen-bond donors (Lipinski definition) is 1. The molecule has 0 atom stereocenters. The molecule has 0 unspecified atom stereocenters. The van der Waals surface area contributed by atoms with E-state index in [0.29, 0.717) is 23.3 Å². The SMILES string of the molecule is Cc1cc(OCCCO)cc(OS(=O)(=O)c2cc([N+](=O)[O-])ccc2C)c1. The van der Waals surface area contributed by atoms with Crippen molar-refractivity contribution in [3.8, 4) is 11.5 Å². The summed E-state index contributed by atoms with van der Waals surface area (Å²) in [5.41, 5.74) is 0.713. The highest BCUT2D eigenvalue weighted by Crippen LogP contribution is 2.28. The number of non-ortho nitro benzene ring substituents is 1. The minimum absolute atomic E-state index is 0.0182. The molecule has 2 aromatic carbocycles. The van der Waals surface area contributed by atoms with Crippen LogP contribution in [0.15, 0.2) is 41.3 Å². The van der Waals surface area contributed by atoms with Crippen LogP contribution in [0.2, 0.25) is 0 Å². The van der Waals surface area contributed by atoms with Gasteiger partial charge in [0.1, 0.15) is 16.4 Å². The minimum atomic E-state index is -4.26. The van der Waals surface area contributed by atoms with Crippen molar-refractivity contribution in [2.45, 2.75) is 25.2 Å². The topological polar surface area (TPSA) is 116 Å². The van der Waals surface area contributed by atoms with Crippen molar-refractivity contribution in [2.75, 3.05) is 13.2 Å². The normalized spacial score (nSPS) is 11.2. The highest BCUT2D eigenvalue weighted by atomic mass is 32.2. The van der Waals surface area contributed by atoms with Gasteiger partial charge in [-0.05, 0) is 37.1 Å². The van der Waals surface area contributed by atoms with Gasteiger partial charge in [-0.2, -0.15) is 8.42 Å². The van der Waals surface area contributed by atoms with E-state index < -0.39 is 15.0 Å². The first-order valence-electron chi connectivity index (χ1n) is 7.78. The summed E-state index contributed by atoms with van der Waals surface area (Å²) < 4.78 is 35.7. The van der Waals surface area contributed by atoms with Crippen LogP contribution < -0.4 is 8.92 Å². The van der Waals surface area contributed by atoms with Gasteiger partial charge in [0.25, 0.3) is 5.69 Å². The average molecular weight is 381 g/mol. The zero-order chi connectivity index (χ0) is 19.3. The third-order valence-corrected chi connectivity index (χ3v) is 4.84. The van der Waals surface area contributed by atoms with Gasteiger partial charge in [-0.25, -0.2) is 0 Å². The molecule has 0 bridgehead atoms. The van der Waals surface area contributed by atoms with E-state index in [-0.39, 0.29) is 29.5 Å². The van der Waals surface area contributed by atoms with Gasteiger partial charge in [-0.3, -0.25) is 10.1 Å². The number of nitro groups is 1. The van der Waals surface area contributed by atoms with Crippen molar-refractivity contribution in [1.29, 1.82) is 0 Å². The third kappa shape index (κ3) is 4.93. The molecular formula is C17H19NO7S. The Morgan fingerprint density at radius 1 is 1.12 bits per heavy atom. The van der Waals surface area contributed by atoms with Crippen LogP contribution >= 0.6 is 0 Å². The zero-order valence-corrected chi connectivity index (χ0v) is 15.2. The van der Waals surface area contributed by atoms with Gasteiger partial charge in [0.05, 0.1) is 11.5 Å². The van der Waals surface area contributed by atoms with E-state index in [1.807, 2.05) is 0 Å². The predicted octanol–water partition coefficient (Wildman–Crippen LogP) is 2.74. The summed E-state index contributed by atoms with van der Waals surface area (Å²) in [7, 11) is -4.26. The van der Waals surface area contributed by atoms with Gasteiger partial charge in [0, 0.05) is 31.2 Å². The van der Waals surface area contributed by atoms with E-state index in [1.165, 1.54) is 31.2 Å². The van der Waals surface area contributed by atoms with Crippen LogP contribution in [0.25, 0.3) is 0 Å². The van der Waals surface area contributed by atoms with Gasteiger partial charge >= 0.3 is 10.1 Å². The Morgan fingerprint density at radius 2 is 1.81 bits per heavy atom. The first-order chi connectivity index (χ1) is 12.2. The fourth-order valence-corrected chi connectivity index (χ4v) is 3.41. The summed E-state index contributed by atoms with van der Waals surface area (Å²) in [4.78, 5) is 9.96. The smallest absolute Gasteiger partial charge is 0.339 e. The maximum Gasteiger partial charge on any atom is 0.339 e. The lowest BCUT2D eigenvalue weighted by molar-refractivity contribution is -0.385. The lowest BCUT2D eigenvalue weighted by atomic mass is 10.2. The van der Waals surface area contributed by atoms with E-state index in [9.17, 15) is 18.5 Å². The molecule has 0 spiro atoms. The Labute approximate surface area is 151 Å². The molecule has 0 amide bonds. The largest absolute Gasteiger partial charge is 0.493 e. The van der Waals surface area contributed by atoms with E-state index in [0.717, 1.165) is 6.07 Å². The molecule has 0 radical (unpaired) electrons. The highest BCUT2D eigenvalue weighted by molar-refractivity contribution is 7.87. The maximum absolute atomic E-state index is 12.6. The van der Waals surface area contributed by atoms with Gasteiger partial charge in [0.15, 0.2) is 0 Å². The summed E-state index contributed by atoms with van der Waals surface area (Å²) in [6.07, 6.45) is 0.440. The van der Waals surface area contributed by atoms with Crippen molar-refractivity contribution in [3.63, 3.8) is 0 Å². The molecule has 0 saturated carbocycles. The Hall–Kier alpha value is -2.65. The number of ether oxygens (including phenoxy) is 1. The first-order valence-corrected chi connectivity index (χ1v) is 9.18. The number of nitrogens with zero attached hydrogens (tertiary/aromatic N) is 1. The zero-order valence-electron chi connectivity index (χ0n) is 14.3. The molecule has 140 valence electrons. The second kappa shape index (κ2) is 8.15. The van der Waals surface area contributed by atoms with Crippen molar-refractivity contribution in [2.24, 2.45) is 0 Å². The van der Waals surface area contributed by atoms with Crippen LogP contribution in [0.3, 0.4) is 0 Å². The van der Waals surface area contributed by atoms with Gasteiger partial charge in [-0.1, -0.05) is 6.07 Å². The molecule has 0 aromatic heterocycles. The van der Waals surface area contributed by atoms with Crippen molar-refractivity contribution < 1.29 is 27.4 Å². The number of benzene rings is 2. The van der Waals surface area contributed by atoms with E-state index in [2.05, 4.69) is 0 Å². The summed E-state index contributed by atoms with van der Waals surface area (Å²) in [5, 5.41) is 19.7. The fraction of sp³-hybridized carbons (Fsp3) is 0.294. The second-order valence-electron chi connectivity index (χ2n) is 5.65. The summed E-state index contributed by atoms with van der Waals surface area (Å²) >= 11 is 0. The lowest BCUT2D eigenvalue weighted by Crippen LogP contribution is -2.12. The van der Waals surface area contributed by atoms with Gasteiger partial charge in [0.2, 0.25) is 0 Å². The molecule has 0 aliphatic carbocycles. The minimum Gasteiger partial charge on any atom is -0.493 e. The number of rotatable bonds is 8. The number of hydrogen-bond acceptors (Lipinski definition) is 7. The third-order valence-electron chi connectivity index (χ3n) is 3.45. The lowest BCUT2D eigenvalue weighted by Gasteiger charge is -2.12. The Morgan fingerprint density at radius 3 is 2.46 bits per heavy atom. The number of nitro benzene ring substituents is 1. The molecule has 26 heavy (non-hydrogen) atoms. The summed E-state index contributed by atoms with van der Waals surface area (Å²) in [6.45, 7) is 3.53. The standard InChI is InChI=1S/C17H19NO7S/c1-12-8-15(24-7-3-6-19)11-16(9-12)25-26(22,23)17-10-14(18(20)21)5-4-13(17)2/h4-5,8-11,19H,3,6-7H2,1-2H3. The number of aryl methyl sites for hydroxylation is 2. The number of aliphatic hydroxyl groups is 1. The molecule has 0 heterocycles. The molecule has 2 rings (SSSR count). The van der Waals surface area contributed by atoms with Gasteiger partial charge in [-0.15, -0.1) is 0 Å². The highest BCUT2D eigenvalue weighted by Gasteiger charge is 2.23. The van der Waals surface area contributed by atoms with Crippen LogP contribution in [0, 0.1) is 24.0 Å². The maximum atomic E-state index is 12.6. The Balaban J connectivity index is 2.32. The molecule has 9 heteroatoms. The summed E-state index contributed by atoms with van der Waals surface area (Å²) in [5.74, 6) is 0.439. The monoisotopic (exact) mass is 381 g/mol. The van der Waals surface area contributed by atoms with E-state index in [1.54, 1.807) is 13.0 Å². The van der Waals surface area contributed by atoms with Crippen LogP contribution in [0.4, 0.5) is 5.69 Å². The molecule has 0 aliphatic heterocycles. The van der Waals surface area contributed by atoms with Crippen molar-refractivity contribution in [1.82, 2.24) is 0 Å². The van der Waals surface area contributed by atoms with Crippen LogP contribution in [0.1, 0.15) is 17.5 Å². The molecule has 8 nitrogen and oxygen atoms in total. The number of aliphatic hydroxyl groups excluding tert-OH is 1. The molecule has 2 aromatic rings. The Kier molecular flexibility index (Phi) is 6.17. The van der Waals surface area contributed by atoms with Crippen LogP contribution in [-0.2, 0) is 10.1 Å². The first kappa shape index (κ1) is 19.7. The second-order valence-corrected chi connectivity index (χ2v) is 7.17. The van der Waals surface area contributed by atoms with Crippen molar-refractivity contribution >= 4 is 15.8 Å². The molecule has 1 N–H and O–H groups in total. The van der Waals surface area contributed by atoms with E-state index in [4.69, 9.17) is 14.0 Å². The van der Waals surface area contributed by atoms with Crippen LogP contribution in [-0.4, -0.2) is 31.7 Å². The fourth-order valence-electron chi connectivity index (χ4n) is 2.24. The average Bonchev–Trinajstić information content (AvgIpc) is 2.54. The van der Waals surface area contributed by atoms with E-state index >= 15 is 0 Å². The molecule has 0 fully saturated rings. The quantitative estimate of drug-likeness (QED) is 0.323. The van der Waals surface area contributed by atoms with Crippen molar-refractivity contribution in [3.05, 3.63) is 57.6 Å². The molecule has 0 saturated heterocycles. The molecule has 0 aliphatic rings. The van der Waals surface area contributed by atoms with Gasteiger partial charge < -0.3 is 14.0 Å². The predicted molar refractivity (Wildman–Crippen MR) is 94.0 cm³/mol. The Bertz CT molecular complexity index is 909. The summed E-state index contributed by atoms with van der Waals surface area (Å²) in [6, 6.07) is 8.19.